The second-order valence-corrected chi connectivity index (χ2v) is 4.50. The van der Waals surface area contributed by atoms with Gasteiger partial charge in [-0.15, -0.1) is 0 Å². The molecule has 1 saturated heterocycles. The minimum absolute atomic E-state index is 0.878. The number of likely N-dealkylation sites (tertiary alicyclic amines) is 1. The van der Waals surface area contributed by atoms with Crippen molar-refractivity contribution in [1.82, 2.24) is 0 Å². The van der Waals surface area contributed by atoms with Crippen molar-refractivity contribution in [3.63, 3.8) is 0 Å². The van der Waals surface area contributed by atoms with Crippen molar-refractivity contribution in [2.24, 2.45) is 5.92 Å². The second-order valence-electron chi connectivity index (χ2n) is 4.50. The van der Waals surface area contributed by atoms with Crippen LogP contribution in [0.15, 0.2) is 0 Å². The van der Waals surface area contributed by atoms with Crippen molar-refractivity contribution in [2.45, 2.75) is 39.7 Å². The topological polar surface area (TPSA) is 0 Å². The summed E-state index contributed by atoms with van der Waals surface area (Å²) in [5, 5.41) is 0. The lowest BCUT2D eigenvalue weighted by Gasteiger charge is -2.44. The van der Waals surface area contributed by atoms with E-state index in [0.717, 1.165) is 12.0 Å². The molecule has 11 heavy (non-hydrogen) atoms. The average Bonchev–Trinajstić information content (AvgIpc) is 1.98. The van der Waals surface area contributed by atoms with E-state index in [4.69, 9.17) is 0 Å². The molecular formula is C10H22N+. The van der Waals surface area contributed by atoms with Gasteiger partial charge in [-0.2, -0.15) is 0 Å². The molecule has 1 fully saturated rings. The van der Waals surface area contributed by atoms with E-state index in [1.165, 1.54) is 30.4 Å². The highest BCUT2D eigenvalue weighted by molar-refractivity contribution is 4.65. The summed E-state index contributed by atoms with van der Waals surface area (Å²) >= 11 is 0. The predicted octanol–water partition coefficient (Wildman–Crippen LogP) is 2.27. The molecule has 1 heterocycles. The SMILES string of the molecule is CC[N+]1(C)CCC(C)CC1C. The van der Waals surface area contributed by atoms with Gasteiger partial charge in [-0.1, -0.05) is 6.92 Å². The van der Waals surface area contributed by atoms with Crippen molar-refractivity contribution >= 4 is 0 Å². The van der Waals surface area contributed by atoms with Crippen LogP contribution in [0.2, 0.25) is 0 Å². The molecule has 1 rings (SSSR count). The molecular weight excluding hydrogens is 134 g/mol. The van der Waals surface area contributed by atoms with Gasteiger partial charge in [0.05, 0.1) is 26.2 Å². The van der Waals surface area contributed by atoms with Gasteiger partial charge in [0.2, 0.25) is 0 Å². The van der Waals surface area contributed by atoms with Crippen LogP contribution in [0.5, 0.6) is 0 Å². The molecule has 0 N–H and O–H groups in total. The summed E-state index contributed by atoms with van der Waals surface area (Å²) < 4.78 is 1.30. The molecule has 0 aliphatic carbocycles. The maximum atomic E-state index is 2.40. The Labute approximate surface area is 71.0 Å². The molecule has 66 valence electrons. The Balaban J connectivity index is 2.56. The lowest BCUT2D eigenvalue weighted by atomic mass is 9.91. The standard InChI is InChI=1S/C10H22N/c1-5-11(4)7-6-9(2)8-10(11)3/h9-10H,5-8H2,1-4H3/q+1. The Hall–Kier alpha value is -0.0400. The first-order chi connectivity index (χ1) is 5.08. The van der Waals surface area contributed by atoms with Crippen LogP contribution in [-0.4, -0.2) is 30.7 Å². The third-order valence-electron chi connectivity index (χ3n) is 3.66. The maximum Gasteiger partial charge on any atom is 0.0862 e. The smallest absolute Gasteiger partial charge is 0.0862 e. The predicted molar refractivity (Wildman–Crippen MR) is 49.5 cm³/mol. The normalized spacial score (nSPS) is 45.8. The monoisotopic (exact) mass is 156 g/mol. The molecule has 1 heteroatoms. The van der Waals surface area contributed by atoms with Crippen LogP contribution < -0.4 is 0 Å². The molecule has 1 aliphatic rings. The highest BCUT2D eigenvalue weighted by atomic mass is 15.4. The Bertz CT molecular complexity index is 133. The Morgan fingerprint density at radius 1 is 1.36 bits per heavy atom. The van der Waals surface area contributed by atoms with Crippen molar-refractivity contribution in [3.8, 4) is 0 Å². The van der Waals surface area contributed by atoms with E-state index in [0.29, 0.717) is 0 Å². The van der Waals surface area contributed by atoms with Gasteiger partial charge in [-0.3, -0.25) is 0 Å². The summed E-state index contributed by atoms with van der Waals surface area (Å²) in [5.74, 6) is 0.961. The molecule has 0 saturated carbocycles. The summed E-state index contributed by atoms with van der Waals surface area (Å²) in [6.07, 6.45) is 2.85. The lowest BCUT2D eigenvalue weighted by molar-refractivity contribution is -0.935. The summed E-state index contributed by atoms with van der Waals surface area (Å²) in [4.78, 5) is 0. The molecule has 1 aliphatic heterocycles. The third-order valence-corrected chi connectivity index (χ3v) is 3.66. The van der Waals surface area contributed by atoms with Crippen LogP contribution in [-0.2, 0) is 0 Å². The zero-order valence-corrected chi connectivity index (χ0v) is 8.43. The van der Waals surface area contributed by atoms with Crippen LogP contribution in [0.1, 0.15) is 33.6 Å². The largest absolute Gasteiger partial charge is 0.324 e. The van der Waals surface area contributed by atoms with E-state index in [9.17, 15) is 0 Å². The van der Waals surface area contributed by atoms with Gasteiger partial charge in [-0.25, -0.2) is 0 Å². The summed E-state index contributed by atoms with van der Waals surface area (Å²) in [6.45, 7) is 9.79. The van der Waals surface area contributed by atoms with Crippen LogP contribution in [0.4, 0.5) is 0 Å². The maximum absolute atomic E-state index is 2.40. The Morgan fingerprint density at radius 3 is 2.45 bits per heavy atom. The molecule has 0 amide bonds. The number of rotatable bonds is 1. The van der Waals surface area contributed by atoms with Gasteiger partial charge >= 0.3 is 0 Å². The van der Waals surface area contributed by atoms with E-state index >= 15 is 0 Å². The number of hydrogen-bond donors (Lipinski definition) is 0. The molecule has 0 radical (unpaired) electrons. The molecule has 3 unspecified atom stereocenters. The third kappa shape index (κ3) is 1.76. The van der Waals surface area contributed by atoms with E-state index in [-0.39, 0.29) is 0 Å². The first-order valence-corrected chi connectivity index (χ1v) is 4.92. The van der Waals surface area contributed by atoms with Gasteiger partial charge in [0.25, 0.3) is 0 Å². The quantitative estimate of drug-likeness (QED) is 0.511. The van der Waals surface area contributed by atoms with Crippen LogP contribution in [0.25, 0.3) is 0 Å². The number of nitrogens with zero attached hydrogens (tertiary/aromatic N) is 1. The van der Waals surface area contributed by atoms with E-state index in [1.54, 1.807) is 0 Å². The van der Waals surface area contributed by atoms with E-state index in [1.807, 2.05) is 0 Å². The average molecular weight is 156 g/mol. The lowest BCUT2D eigenvalue weighted by Crippen LogP contribution is -2.54. The second kappa shape index (κ2) is 3.14. The van der Waals surface area contributed by atoms with Gasteiger partial charge in [-0.05, 0) is 26.2 Å². The van der Waals surface area contributed by atoms with E-state index in [2.05, 4.69) is 27.8 Å². The van der Waals surface area contributed by atoms with Gasteiger partial charge in [0, 0.05) is 6.42 Å². The first-order valence-electron chi connectivity index (χ1n) is 4.92. The number of piperidine rings is 1. The van der Waals surface area contributed by atoms with Crippen molar-refractivity contribution in [2.75, 3.05) is 20.1 Å². The fourth-order valence-electron chi connectivity index (χ4n) is 2.16. The summed E-state index contributed by atoms with van der Waals surface area (Å²) in [5.41, 5.74) is 0. The molecule has 3 atom stereocenters. The van der Waals surface area contributed by atoms with E-state index < -0.39 is 0 Å². The zero-order valence-electron chi connectivity index (χ0n) is 8.43. The summed E-state index contributed by atoms with van der Waals surface area (Å²) in [6, 6.07) is 0.878. The van der Waals surface area contributed by atoms with Crippen LogP contribution >= 0.6 is 0 Å². The minimum atomic E-state index is 0.878. The molecule has 0 aromatic heterocycles. The highest BCUT2D eigenvalue weighted by Crippen LogP contribution is 2.26. The Kier molecular flexibility index (Phi) is 2.58. The number of hydrogen-bond acceptors (Lipinski definition) is 0. The fourth-order valence-corrected chi connectivity index (χ4v) is 2.16. The van der Waals surface area contributed by atoms with Gasteiger partial charge in [0.1, 0.15) is 0 Å². The van der Waals surface area contributed by atoms with Crippen LogP contribution in [0, 0.1) is 5.92 Å². The van der Waals surface area contributed by atoms with Crippen molar-refractivity contribution < 1.29 is 4.48 Å². The van der Waals surface area contributed by atoms with Crippen molar-refractivity contribution in [1.29, 1.82) is 0 Å². The minimum Gasteiger partial charge on any atom is -0.324 e. The highest BCUT2D eigenvalue weighted by Gasteiger charge is 2.33. The molecule has 0 aromatic rings. The Morgan fingerprint density at radius 2 is 2.00 bits per heavy atom. The first kappa shape index (κ1) is 9.05. The van der Waals surface area contributed by atoms with Crippen LogP contribution in [0.3, 0.4) is 0 Å². The van der Waals surface area contributed by atoms with Crippen molar-refractivity contribution in [3.05, 3.63) is 0 Å². The summed E-state index contributed by atoms with van der Waals surface area (Å²) in [7, 11) is 2.40. The molecule has 0 bridgehead atoms. The van der Waals surface area contributed by atoms with Gasteiger partial charge < -0.3 is 4.48 Å². The molecule has 0 spiro atoms. The molecule has 0 aromatic carbocycles. The fraction of sp³-hybridized carbons (Fsp3) is 1.00. The van der Waals surface area contributed by atoms with Gasteiger partial charge in [0.15, 0.2) is 0 Å². The number of quaternary nitrogens is 1. The zero-order chi connectivity index (χ0) is 8.48. The molecule has 1 nitrogen and oxygen atoms in total.